The van der Waals surface area contributed by atoms with E-state index in [1.165, 1.54) is 11.8 Å². The lowest BCUT2D eigenvalue weighted by Gasteiger charge is -2.23. The topological polar surface area (TPSA) is 90.7 Å². The molecule has 128 valence electrons. The number of aliphatic carboxylic acids is 1. The van der Waals surface area contributed by atoms with Crippen LogP contribution in [0.25, 0.3) is 0 Å². The number of aliphatic hydroxyl groups excluding tert-OH is 1. The van der Waals surface area contributed by atoms with Crippen molar-refractivity contribution in [2.75, 3.05) is 6.54 Å². The van der Waals surface area contributed by atoms with Gasteiger partial charge in [0.15, 0.2) is 5.78 Å². The van der Waals surface area contributed by atoms with Crippen LogP contribution in [0.1, 0.15) is 31.2 Å². The fraction of sp³-hybridized carbons (Fsp3) is 0.471. The molecule has 0 radical (unpaired) electrons. The van der Waals surface area contributed by atoms with Gasteiger partial charge in [-0.1, -0.05) is 6.07 Å². The molecule has 1 fully saturated rings. The number of carboxylic acids is 1. The highest BCUT2D eigenvalue weighted by Gasteiger charge is 2.50. The van der Waals surface area contributed by atoms with Crippen molar-refractivity contribution in [2.45, 2.75) is 37.7 Å². The van der Waals surface area contributed by atoms with Crippen molar-refractivity contribution in [1.82, 2.24) is 9.88 Å². The zero-order chi connectivity index (χ0) is 17.4. The molecule has 6 nitrogen and oxygen atoms in total. The minimum absolute atomic E-state index is 0.0104. The van der Waals surface area contributed by atoms with Gasteiger partial charge in [0.25, 0.3) is 0 Å². The standard InChI is InChI=1S/C17H20N2O4S/c1-9(20)15-12-7-14(16(17(22)23)19(12)8-13(15)21)24-10(2)11-5-3-4-6-18-11/h3-6,9-10,12,15,20H,7-8H2,1-2H3,(H,22,23). The second-order valence-electron chi connectivity index (χ2n) is 6.22. The Balaban J connectivity index is 1.86. The van der Waals surface area contributed by atoms with Gasteiger partial charge in [-0.05, 0) is 26.0 Å². The Bertz CT molecular complexity index is 689. The van der Waals surface area contributed by atoms with Crippen molar-refractivity contribution >= 4 is 23.5 Å². The van der Waals surface area contributed by atoms with Crippen LogP contribution in [0.2, 0.25) is 0 Å². The number of ketones is 1. The lowest BCUT2D eigenvalue weighted by atomic mass is 9.93. The Morgan fingerprint density at radius 1 is 1.42 bits per heavy atom. The average molecular weight is 348 g/mol. The van der Waals surface area contributed by atoms with Crippen molar-refractivity contribution in [1.29, 1.82) is 0 Å². The molecule has 0 aromatic carbocycles. The molecule has 0 aliphatic carbocycles. The third kappa shape index (κ3) is 2.93. The summed E-state index contributed by atoms with van der Waals surface area (Å²) in [5, 5.41) is 19.5. The molecule has 2 aliphatic rings. The van der Waals surface area contributed by atoms with Crippen LogP contribution in [0, 0.1) is 5.92 Å². The molecule has 3 heterocycles. The van der Waals surface area contributed by atoms with Gasteiger partial charge in [0.05, 0.1) is 24.3 Å². The van der Waals surface area contributed by atoms with Gasteiger partial charge in [-0.15, -0.1) is 11.8 Å². The van der Waals surface area contributed by atoms with E-state index in [0.717, 1.165) is 10.6 Å². The molecule has 3 rings (SSSR count). The molecule has 0 spiro atoms. The normalized spacial score (nSPS) is 25.8. The zero-order valence-electron chi connectivity index (χ0n) is 13.5. The Hall–Kier alpha value is -1.86. The summed E-state index contributed by atoms with van der Waals surface area (Å²) in [4.78, 5) is 30.6. The second-order valence-corrected chi connectivity index (χ2v) is 7.66. The van der Waals surface area contributed by atoms with Crippen LogP contribution >= 0.6 is 11.8 Å². The Morgan fingerprint density at radius 3 is 2.75 bits per heavy atom. The number of fused-ring (bicyclic) bond motifs is 1. The number of nitrogens with zero attached hydrogens (tertiary/aromatic N) is 2. The van der Waals surface area contributed by atoms with Crippen LogP contribution in [-0.4, -0.2) is 50.5 Å². The van der Waals surface area contributed by atoms with Crippen LogP contribution in [0.3, 0.4) is 0 Å². The summed E-state index contributed by atoms with van der Waals surface area (Å²) in [6, 6.07) is 5.40. The molecule has 2 aliphatic heterocycles. The fourth-order valence-corrected chi connectivity index (χ4v) is 4.82. The molecular weight excluding hydrogens is 328 g/mol. The van der Waals surface area contributed by atoms with Gasteiger partial charge in [-0.25, -0.2) is 4.79 Å². The summed E-state index contributed by atoms with van der Waals surface area (Å²) in [5.74, 6) is -1.63. The minimum Gasteiger partial charge on any atom is -0.477 e. The van der Waals surface area contributed by atoms with Gasteiger partial charge in [-0.3, -0.25) is 9.78 Å². The minimum atomic E-state index is -1.02. The number of carboxylic acid groups (broad SMARTS) is 1. The molecule has 4 atom stereocenters. The number of pyridine rings is 1. The molecule has 1 aromatic rings. The van der Waals surface area contributed by atoms with E-state index in [9.17, 15) is 19.8 Å². The molecule has 1 aromatic heterocycles. The highest BCUT2D eigenvalue weighted by Crippen LogP contribution is 2.47. The molecule has 2 N–H and O–H groups in total. The van der Waals surface area contributed by atoms with Gasteiger partial charge in [-0.2, -0.15) is 0 Å². The highest BCUT2D eigenvalue weighted by molar-refractivity contribution is 8.03. The van der Waals surface area contributed by atoms with E-state index in [1.54, 1.807) is 18.0 Å². The van der Waals surface area contributed by atoms with Crippen molar-refractivity contribution in [3.63, 3.8) is 0 Å². The van der Waals surface area contributed by atoms with Gasteiger partial charge < -0.3 is 15.1 Å². The number of carbonyl (C=O) groups is 2. The number of aliphatic hydroxyl groups is 1. The van der Waals surface area contributed by atoms with E-state index in [0.29, 0.717) is 6.42 Å². The summed E-state index contributed by atoms with van der Waals surface area (Å²) in [6.45, 7) is 3.64. The number of thioether (sulfide) groups is 1. The number of aromatic nitrogens is 1. The van der Waals surface area contributed by atoms with Gasteiger partial charge in [0.1, 0.15) is 5.70 Å². The van der Waals surface area contributed by atoms with Gasteiger partial charge in [0.2, 0.25) is 0 Å². The lowest BCUT2D eigenvalue weighted by Crippen LogP contribution is -2.34. The van der Waals surface area contributed by atoms with E-state index >= 15 is 0 Å². The van der Waals surface area contributed by atoms with Crippen molar-refractivity contribution < 1.29 is 19.8 Å². The third-order valence-corrected chi connectivity index (χ3v) is 5.84. The SMILES string of the molecule is CC(SC1=C(C(=O)O)N2CC(=O)C(C(C)O)C2C1)c1ccccn1. The zero-order valence-corrected chi connectivity index (χ0v) is 14.4. The van der Waals surface area contributed by atoms with E-state index in [2.05, 4.69) is 4.98 Å². The Morgan fingerprint density at radius 2 is 2.17 bits per heavy atom. The van der Waals surface area contributed by atoms with Crippen LogP contribution < -0.4 is 0 Å². The first-order valence-corrected chi connectivity index (χ1v) is 8.79. The van der Waals surface area contributed by atoms with Crippen molar-refractivity contribution in [2.24, 2.45) is 5.92 Å². The van der Waals surface area contributed by atoms with E-state index < -0.39 is 18.0 Å². The largest absolute Gasteiger partial charge is 0.477 e. The maximum Gasteiger partial charge on any atom is 0.353 e. The molecular formula is C17H20N2O4S. The third-order valence-electron chi connectivity index (χ3n) is 4.60. The molecule has 0 saturated carbocycles. The maximum absolute atomic E-state index is 12.1. The summed E-state index contributed by atoms with van der Waals surface area (Å²) in [7, 11) is 0. The fourth-order valence-electron chi connectivity index (χ4n) is 3.55. The Labute approximate surface area is 144 Å². The van der Waals surface area contributed by atoms with Crippen molar-refractivity contribution in [3.8, 4) is 0 Å². The number of hydrogen-bond donors (Lipinski definition) is 2. The van der Waals surface area contributed by atoms with E-state index in [4.69, 9.17) is 0 Å². The predicted octanol–water partition coefficient (Wildman–Crippen LogP) is 1.83. The summed E-state index contributed by atoms with van der Waals surface area (Å²) in [5.41, 5.74) is 1.08. The van der Waals surface area contributed by atoms with Crippen molar-refractivity contribution in [3.05, 3.63) is 40.7 Å². The van der Waals surface area contributed by atoms with Crippen LogP contribution in [0.5, 0.6) is 0 Å². The molecule has 1 saturated heterocycles. The molecule has 0 amide bonds. The molecule has 4 unspecified atom stereocenters. The Kier molecular flexibility index (Phi) is 4.64. The summed E-state index contributed by atoms with van der Waals surface area (Å²) in [6.07, 6.45) is 1.42. The second kappa shape index (κ2) is 6.57. The number of carbonyl (C=O) groups excluding carboxylic acids is 1. The van der Waals surface area contributed by atoms with Crippen LogP contribution in [-0.2, 0) is 9.59 Å². The monoisotopic (exact) mass is 348 g/mol. The first kappa shape index (κ1) is 17.0. The smallest absolute Gasteiger partial charge is 0.353 e. The number of Topliss-reactive ketones (excluding diaryl/α,β-unsaturated/α-hetero) is 1. The number of rotatable bonds is 5. The van der Waals surface area contributed by atoms with Gasteiger partial charge in [0, 0.05) is 28.8 Å². The lowest BCUT2D eigenvalue weighted by molar-refractivity contribution is -0.134. The van der Waals surface area contributed by atoms with E-state index in [1.807, 2.05) is 25.1 Å². The molecule has 24 heavy (non-hydrogen) atoms. The molecule has 0 bridgehead atoms. The summed E-state index contributed by atoms with van der Waals surface area (Å²) >= 11 is 1.47. The summed E-state index contributed by atoms with van der Waals surface area (Å²) < 4.78 is 0. The van der Waals surface area contributed by atoms with E-state index in [-0.39, 0.29) is 29.3 Å². The van der Waals surface area contributed by atoms with Crippen LogP contribution in [0.4, 0.5) is 0 Å². The highest BCUT2D eigenvalue weighted by atomic mass is 32.2. The maximum atomic E-state index is 12.1. The first-order chi connectivity index (χ1) is 11.4. The quantitative estimate of drug-likeness (QED) is 0.839. The average Bonchev–Trinajstić information content (AvgIpc) is 3.01. The van der Waals surface area contributed by atoms with Crippen LogP contribution in [0.15, 0.2) is 35.0 Å². The number of hydrogen-bond acceptors (Lipinski definition) is 6. The van der Waals surface area contributed by atoms with Gasteiger partial charge >= 0.3 is 5.97 Å². The predicted molar refractivity (Wildman–Crippen MR) is 90.2 cm³/mol. The first-order valence-electron chi connectivity index (χ1n) is 7.91. The molecule has 7 heteroatoms.